The monoisotopic (exact) mass is 432 g/mol. The van der Waals surface area contributed by atoms with E-state index >= 15 is 0 Å². The predicted octanol–water partition coefficient (Wildman–Crippen LogP) is 3.50. The minimum Gasteiger partial charge on any atom is -0.497 e. The van der Waals surface area contributed by atoms with Crippen LogP contribution in [0.25, 0.3) is 11.3 Å². The summed E-state index contributed by atoms with van der Waals surface area (Å²) in [5.41, 5.74) is 5.42. The maximum atomic E-state index is 13.4. The molecule has 1 atom stereocenters. The number of morpholine rings is 1. The van der Waals surface area contributed by atoms with Gasteiger partial charge in [-0.05, 0) is 29.8 Å². The summed E-state index contributed by atoms with van der Waals surface area (Å²) in [6, 6.07) is 18.4. The van der Waals surface area contributed by atoms with E-state index in [1.54, 1.807) is 7.11 Å². The molecule has 1 fully saturated rings. The second kappa shape index (κ2) is 8.67. The first-order valence-corrected chi connectivity index (χ1v) is 11.0. The van der Waals surface area contributed by atoms with Gasteiger partial charge in [-0.3, -0.25) is 4.68 Å². The number of aryl methyl sites for hydroxylation is 1. The van der Waals surface area contributed by atoms with E-state index in [2.05, 4.69) is 24.3 Å². The smallest absolute Gasteiger partial charge is 0.320 e. The summed E-state index contributed by atoms with van der Waals surface area (Å²) in [7, 11) is 3.67. The Morgan fingerprint density at radius 2 is 1.75 bits per heavy atom. The van der Waals surface area contributed by atoms with Crippen molar-refractivity contribution in [1.29, 1.82) is 0 Å². The highest BCUT2D eigenvalue weighted by Gasteiger charge is 2.36. The molecule has 0 unspecified atom stereocenters. The molecule has 32 heavy (non-hydrogen) atoms. The maximum Gasteiger partial charge on any atom is 0.320 e. The van der Waals surface area contributed by atoms with Crippen molar-refractivity contribution in [3.63, 3.8) is 0 Å². The molecule has 1 saturated heterocycles. The largest absolute Gasteiger partial charge is 0.497 e. The zero-order valence-electron chi connectivity index (χ0n) is 18.5. The fraction of sp³-hybridized carbons (Fsp3) is 0.360. The second-order valence-corrected chi connectivity index (χ2v) is 8.29. The van der Waals surface area contributed by atoms with Crippen LogP contribution in [0, 0.1) is 0 Å². The first-order valence-electron chi connectivity index (χ1n) is 11.0. The number of nitrogens with zero attached hydrogens (tertiary/aromatic N) is 4. The van der Waals surface area contributed by atoms with Gasteiger partial charge in [0.2, 0.25) is 0 Å². The number of amides is 2. The van der Waals surface area contributed by atoms with Crippen LogP contribution < -0.4 is 4.74 Å². The molecule has 3 aromatic rings. The molecule has 2 amide bonds. The zero-order valence-corrected chi connectivity index (χ0v) is 18.5. The average molecular weight is 433 g/mol. The number of hydrogen-bond donors (Lipinski definition) is 0. The number of carbonyl (C=O) groups excluding carboxylic acids is 1. The van der Waals surface area contributed by atoms with Crippen molar-refractivity contribution in [2.24, 2.45) is 7.05 Å². The average Bonchev–Trinajstić information content (AvgIpc) is 3.20. The minimum atomic E-state index is 0.0643. The molecule has 2 aromatic carbocycles. The van der Waals surface area contributed by atoms with Gasteiger partial charge in [0.15, 0.2) is 0 Å². The van der Waals surface area contributed by atoms with Crippen molar-refractivity contribution in [1.82, 2.24) is 19.6 Å². The normalized spacial score (nSPS) is 18.4. The van der Waals surface area contributed by atoms with Gasteiger partial charge >= 0.3 is 6.03 Å². The Bertz CT molecular complexity index is 1090. The van der Waals surface area contributed by atoms with Crippen LogP contribution in [0.5, 0.6) is 5.75 Å². The van der Waals surface area contributed by atoms with Gasteiger partial charge in [0.05, 0.1) is 38.3 Å². The van der Waals surface area contributed by atoms with Crippen LogP contribution in [-0.4, -0.2) is 65.6 Å². The van der Waals surface area contributed by atoms with Crippen molar-refractivity contribution in [3.05, 3.63) is 71.4 Å². The molecule has 0 N–H and O–H groups in total. The van der Waals surface area contributed by atoms with Gasteiger partial charge in [-0.2, -0.15) is 5.10 Å². The number of methoxy groups -OCH3 is 1. The van der Waals surface area contributed by atoms with Gasteiger partial charge in [-0.25, -0.2) is 4.79 Å². The van der Waals surface area contributed by atoms with E-state index in [-0.39, 0.29) is 11.9 Å². The lowest BCUT2D eigenvalue weighted by Crippen LogP contribution is -2.50. The van der Waals surface area contributed by atoms with Crippen LogP contribution in [0.2, 0.25) is 0 Å². The highest BCUT2D eigenvalue weighted by molar-refractivity contribution is 5.76. The Hall–Kier alpha value is -3.32. The highest BCUT2D eigenvalue weighted by Crippen LogP contribution is 2.38. The third-order valence-electron chi connectivity index (χ3n) is 6.39. The maximum absolute atomic E-state index is 13.4. The number of benzene rings is 2. The van der Waals surface area contributed by atoms with Crippen LogP contribution in [0.4, 0.5) is 4.79 Å². The quantitative estimate of drug-likeness (QED) is 0.636. The molecular formula is C25H28N4O3. The third kappa shape index (κ3) is 3.73. The summed E-state index contributed by atoms with van der Waals surface area (Å²) >= 11 is 0. The Kier molecular flexibility index (Phi) is 5.57. The lowest BCUT2D eigenvalue weighted by atomic mass is 9.87. The van der Waals surface area contributed by atoms with Crippen molar-refractivity contribution >= 4 is 6.03 Å². The molecule has 3 heterocycles. The molecule has 0 bridgehead atoms. The van der Waals surface area contributed by atoms with Gasteiger partial charge in [0.1, 0.15) is 5.75 Å². The molecule has 1 aromatic heterocycles. The molecule has 0 aliphatic carbocycles. The molecule has 0 saturated carbocycles. The van der Waals surface area contributed by atoms with Gasteiger partial charge in [-0.15, -0.1) is 0 Å². The lowest BCUT2D eigenvalue weighted by Gasteiger charge is -2.38. The predicted molar refractivity (Wildman–Crippen MR) is 122 cm³/mol. The summed E-state index contributed by atoms with van der Waals surface area (Å²) in [4.78, 5) is 17.3. The van der Waals surface area contributed by atoms with Gasteiger partial charge in [0, 0.05) is 43.7 Å². The Morgan fingerprint density at radius 1 is 1.03 bits per heavy atom. The van der Waals surface area contributed by atoms with Crippen molar-refractivity contribution in [3.8, 4) is 17.0 Å². The standard InChI is InChI=1S/C25H28N4O3/c1-27-24-21(18-6-4-3-5-7-18)16-29(25(30)28-12-14-32-15-13-28)17-22(24)23(26-27)19-8-10-20(31-2)11-9-19/h3-11,21H,12-17H2,1-2H3/t21-/m1/s1. The topological polar surface area (TPSA) is 59.8 Å². The Labute approximate surface area is 188 Å². The number of aromatic nitrogens is 2. The zero-order chi connectivity index (χ0) is 22.1. The second-order valence-electron chi connectivity index (χ2n) is 8.29. The summed E-state index contributed by atoms with van der Waals surface area (Å²) in [6.07, 6.45) is 0. The summed E-state index contributed by atoms with van der Waals surface area (Å²) in [6.45, 7) is 3.64. The summed E-state index contributed by atoms with van der Waals surface area (Å²) < 4.78 is 12.8. The summed E-state index contributed by atoms with van der Waals surface area (Å²) in [5, 5.41) is 4.90. The van der Waals surface area contributed by atoms with Crippen molar-refractivity contribution in [2.45, 2.75) is 12.5 Å². The minimum absolute atomic E-state index is 0.0643. The molecule has 0 radical (unpaired) electrons. The lowest BCUT2D eigenvalue weighted by molar-refractivity contribution is 0.0416. The first kappa shape index (κ1) is 20.6. The van der Waals surface area contributed by atoms with E-state index in [1.165, 1.54) is 11.3 Å². The van der Waals surface area contributed by atoms with Gasteiger partial charge in [0.25, 0.3) is 0 Å². The molecule has 7 nitrogen and oxygen atoms in total. The molecule has 0 spiro atoms. The number of fused-ring (bicyclic) bond motifs is 1. The number of ether oxygens (including phenoxy) is 2. The highest BCUT2D eigenvalue weighted by atomic mass is 16.5. The van der Waals surface area contributed by atoms with Gasteiger partial charge in [-0.1, -0.05) is 30.3 Å². The summed E-state index contributed by atoms with van der Waals surface area (Å²) in [5.74, 6) is 0.874. The number of rotatable bonds is 3. The fourth-order valence-corrected chi connectivity index (χ4v) is 4.76. The van der Waals surface area contributed by atoms with E-state index in [0.717, 1.165) is 22.6 Å². The molecular weight excluding hydrogens is 404 g/mol. The van der Waals surface area contributed by atoms with Crippen LogP contribution in [0.1, 0.15) is 22.7 Å². The van der Waals surface area contributed by atoms with E-state index in [9.17, 15) is 4.79 Å². The van der Waals surface area contributed by atoms with Crippen molar-refractivity contribution < 1.29 is 14.3 Å². The van der Waals surface area contributed by atoms with E-state index < -0.39 is 0 Å². The van der Waals surface area contributed by atoms with Crippen molar-refractivity contribution in [2.75, 3.05) is 40.0 Å². The van der Waals surface area contributed by atoms with Crippen LogP contribution >= 0.6 is 0 Å². The molecule has 5 rings (SSSR count). The SMILES string of the molecule is COc1ccc(-c2nn(C)c3c2CN(C(=O)N2CCOCC2)C[C@@H]3c2ccccc2)cc1. The van der Waals surface area contributed by atoms with Crippen LogP contribution in [-0.2, 0) is 18.3 Å². The Balaban J connectivity index is 1.57. The third-order valence-corrected chi connectivity index (χ3v) is 6.39. The number of urea groups is 1. The van der Waals surface area contributed by atoms with Crippen LogP contribution in [0.3, 0.4) is 0 Å². The molecule has 7 heteroatoms. The molecule has 2 aliphatic rings. The van der Waals surface area contributed by atoms with E-state index in [1.807, 2.05) is 51.9 Å². The van der Waals surface area contributed by atoms with Crippen LogP contribution in [0.15, 0.2) is 54.6 Å². The van der Waals surface area contributed by atoms with Gasteiger partial charge < -0.3 is 19.3 Å². The fourth-order valence-electron chi connectivity index (χ4n) is 4.76. The Morgan fingerprint density at radius 3 is 2.44 bits per heavy atom. The van der Waals surface area contributed by atoms with E-state index in [4.69, 9.17) is 14.6 Å². The first-order chi connectivity index (χ1) is 15.7. The number of hydrogen-bond acceptors (Lipinski definition) is 4. The molecule has 166 valence electrons. The number of carbonyl (C=O) groups is 1. The van der Waals surface area contributed by atoms with E-state index in [0.29, 0.717) is 39.4 Å². The molecule has 2 aliphatic heterocycles.